The van der Waals surface area contributed by atoms with Crippen LogP contribution in [0.3, 0.4) is 0 Å². The van der Waals surface area contributed by atoms with Gasteiger partial charge in [-0.1, -0.05) is 0 Å². The number of ether oxygens (including phenoxy) is 2. The third-order valence-electron chi connectivity index (χ3n) is 3.11. The van der Waals surface area contributed by atoms with E-state index in [0.29, 0.717) is 37.6 Å². The first kappa shape index (κ1) is 13.8. The van der Waals surface area contributed by atoms with Crippen molar-refractivity contribution in [2.75, 3.05) is 26.8 Å². The molecule has 104 valence electrons. The zero-order valence-corrected chi connectivity index (χ0v) is 10.8. The molecule has 5 nitrogen and oxygen atoms in total. The number of carbonyl (C=O) groups excluding carboxylic acids is 1. The molecule has 1 aromatic rings. The average molecular weight is 268 g/mol. The number of nitrogens with zero attached hydrogens (tertiary/aromatic N) is 1. The van der Waals surface area contributed by atoms with Crippen LogP contribution in [-0.4, -0.2) is 43.7 Å². The number of amides is 1. The molecular weight excluding hydrogens is 251 g/mol. The number of nitrogens with two attached hydrogens (primary N) is 1. The molecule has 19 heavy (non-hydrogen) atoms. The van der Waals surface area contributed by atoms with Crippen molar-refractivity contribution in [1.29, 1.82) is 0 Å². The lowest BCUT2D eigenvalue weighted by molar-refractivity contribution is -0.135. The van der Waals surface area contributed by atoms with Crippen LogP contribution in [0.4, 0.5) is 4.39 Å². The van der Waals surface area contributed by atoms with Gasteiger partial charge in [-0.15, -0.1) is 0 Å². The number of rotatable bonds is 4. The van der Waals surface area contributed by atoms with Gasteiger partial charge in [0.2, 0.25) is 5.91 Å². The minimum atomic E-state index is -0.623. The summed E-state index contributed by atoms with van der Waals surface area (Å²) in [7, 11) is 1.54. The molecule has 1 aliphatic rings. The Bertz CT molecular complexity index is 467. The summed E-state index contributed by atoms with van der Waals surface area (Å²) in [5, 5.41) is 0. The van der Waals surface area contributed by atoms with Gasteiger partial charge in [-0.05, 0) is 18.2 Å². The van der Waals surface area contributed by atoms with E-state index in [0.717, 1.165) is 0 Å². The highest BCUT2D eigenvalue weighted by atomic mass is 19.1. The summed E-state index contributed by atoms with van der Waals surface area (Å²) >= 11 is 0. The zero-order chi connectivity index (χ0) is 13.8. The lowest BCUT2D eigenvalue weighted by Gasteiger charge is -2.31. The summed E-state index contributed by atoms with van der Waals surface area (Å²) in [6, 6.07) is 4.61. The molecular formula is C13H17FN2O3. The van der Waals surface area contributed by atoms with Crippen LogP contribution in [0.25, 0.3) is 0 Å². The number of primary amides is 1. The maximum Gasteiger partial charge on any atom is 0.247 e. The zero-order valence-electron chi connectivity index (χ0n) is 10.8. The van der Waals surface area contributed by atoms with Gasteiger partial charge >= 0.3 is 0 Å². The van der Waals surface area contributed by atoms with Crippen molar-refractivity contribution in [1.82, 2.24) is 4.90 Å². The predicted molar refractivity (Wildman–Crippen MR) is 67.2 cm³/mol. The molecule has 1 aromatic carbocycles. The largest absolute Gasteiger partial charge is 0.497 e. The summed E-state index contributed by atoms with van der Waals surface area (Å²) in [6.45, 7) is 1.84. The van der Waals surface area contributed by atoms with Gasteiger partial charge < -0.3 is 15.2 Å². The van der Waals surface area contributed by atoms with Gasteiger partial charge in [0.05, 0.1) is 13.7 Å². The number of halogens is 1. The molecule has 1 aliphatic heterocycles. The number of hydrogen-bond acceptors (Lipinski definition) is 4. The summed E-state index contributed by atoms with van der Waals surface area (Å²) in [5.41, 5.74) is 5.75. The van der Waals surface area contributed by atoms with E-state index in [1.807, 2.05) is 4.90 Å². The molecule has 0 aromatic heterocycles. The average Bonchev–Trinajstić information content (AvgIpc) is 2.41. The monoisotopic (exact) mass is 268 g/mol. The van der Waals surface area contributed by atoms with E-state index < -0.39 is 12.0 Å². The van der Waals surface area contributed by atoms with E-state index in [9.17, 15) is 9.18 Å². The minimum absolute atomic E-state index is 0.289. The van der Waals surface area contributed by atoms with E-state index in [1.165, 1.54) is 13.2 Å². The van der Waals surface area contributed by atoms with Gasteiger partial charge in [-0.25, -0.2) is 4.39 Å². The Morgan fingerprint density at radius 3 is 3.11 bits per heavy atom. The molecule has 2 rings (SSSR count). The van der Waals surface area contributed by atoms with Gasteiger partial charge in [0.1, 0.15) is 17.7 Å². The first-order chi connectivity index (χ1) is 9.10. The number of benzene rings is 1. The van der Waals surface area contributed by atoms with Gasteiger partial charge in [-0.3, -0.25) is 9.69 Å². The van der Waals surface area contributed by atoms with Gasteiger partial charge in [-0.2, -0.15) is 0 Å². The lowest BCUT2D eigenvalue weighted by atomic mass is 10.1. The number of carbonyl (C=O) groups is 1. The van der Waals surface area contributed by atoms with Gasteiger partial charge in [0, 0.05) is 25.2 Å². The highest BCUT2D eigenvalue weighted by Crippen LogP contribution is 2.19. The fraction of sp³-hybridized carbons (Fsp3) is 0.462. The van der Waals surface area contributed by atoms with Crippen LogP contribution in [0, 0.1) is 5.82 Å². The van der Waals surface area contributed by atoms with Crippen molar-refractivity contribution in [2.24, 2.45) is 5.73 Å². The summed E-state index contributed by atoms with van der Waals surface area (Å²) in [4.78, 5) is 13.0. The highest BCUT2D eigenvalue weighted by molar-refractivity contribution is 5.79. The van der Waals surface area contributed by atoms with Crippen molar-refractivity contribution in [3.8, 4) is 5.75 Å². The van der Waals surface area contributed by atoms with Crippen LogP contribution in [0.1, 0.15) is 5.56 Å². The molecule has 0 unspecified atom stereocenters. The van der Waals surface area contributed by atoms with Crippen molar-refractivity contribution in [3.63, 3.8) is 0 Å². The molecule has 0 radical (unpaired) electrons. The Kier molecular flexibility index (Phi) is 4.34. The van der Waals surface area contributed by atoms with Crippen LogP contribution in [0.15, 0.2) is 18.2 Å². The predicted octanol–water partition coefficient (Wildman–Crippen LogP) is 0.520. The third-order valence-corrected chi connectivity index (χ3v) is 3.11. The highest BCUT2D eigenvalue weighted by Gasteiger charge is 2.25. The van der Waals surface area contributed by atoms with E-state index in [4.69, 9.17) is 15.2 Å². The topological polar surface area (TPSA) is 64.8 Å². The second-order valence-corrected chi connectivity index (χ2v) is 4.45. The molecule has 2 N–H and O–H groups in total. The standard InChI is InChI=1S/C13H17FN2O3/c1-18-10-2-3-11(14)9(6-10)7-16-4-5-19-12(8-16)13(15)17/h2-3,6,12H,4-5,7-8H2,1H3,(H2,15,17)/t12-/m0/s1. The third kappa shape index (κ3) is 3.42. The Morgan fingerprint density at radius 1 is 1.63 bits per heavy atom. The smallest absolute Gasteiger partial charge is 0.247 e. The van der Waals surface area contributed by atoms with E-state index in [-0.39, 0.29) is 5.82 Å². The van der Waals surface area contributed by atoms with Crippen molar-refractivity contribution >= 4 is 5.91 Å². The number of methoxy groups -OCH3 is 1. The van der Waals surface area contributed by atoms with Gasteiger partial charge in [0.25, 0.3) is 0 Å². The summed E-state index contributed by atoms with van der Waals surface area (Å²) < 4.78 is 24.0. The normalized spacial score (nSPS) is 20.2. The Morgan fingerprint density at radius 2 is 2.42 bits per heavy atom. The molecule has 1 saturated heterocycles. The molecule has 0 bridgehead atoms. The molecule has 6 heteroatoms. The van der Waals surface area contributed by atoms with Crippen molar-refractivity contribution < 1.29 is 18.7 Å². The maximum atomic E-state index is 13.7. The van der Waals surface area contributed by atoms with Crippen molar-refractivity contribution in [3.05, 3.63) is 29.6 Å². The molecule has 1 atom stereocenters. The van der Waals surface area contributed by atoms with Crippen LogP contribution in [-0.2, 0) is 16.1 Å². The van der Waals surface area contributed by atoms with Crippen molar-refractivity contribution in [2.45, 2.75) is 12.6 Å². The minimum Gasteiger partial charge on any atom is -0.497 e. The molecule has 0 saturated carbocycles. The first-order valence-electron chi connectivity index (χ1n) is 6.06. The lowest BCUT2D eigenvalue weighted by Crippen LogP contribution is -2.48. The first-order valence-corrected chi connectivity index (χ1v) is 6.06. The fourth-order valence-electron chi connectivity index (χ4n) is 2.06. The fourth-order valence-corrected chi connectivity index (χ4v) is 2.06. The van der Waals surface area contributed by atoms with Crippen LogP contribution in [0.5, 0.6) is 5.75 Å². The van der Waals surface area contributed by atoms with E-state index in [2.05, 4.69) is 0 Å². The maximum absolute atomic E-state index is 13.7. The van der Waals surface area contributed by atoms with Crippen LogP contribution >= 0.6 is 0 Å². The second-order valence-electron chi connectivity index (χ2n) is 4.45. The van der Waals surface area contributed by atoms with Crippen LogP contribution in [0.2, 0.25) is 0 Å². The number of morpholine rings is 1. The Labute approximate surface area is 111 Å². The number of hydrogen-bond donors (Lipinski definition) is 1. The van der Waals surface area contributed by atoms with Gasteiger partial charge in [0.15, 0.2) is 0 Å². The van der Waals surface area contributed by atoms with E-state index in [1.54, 1.807) is 12.1 Å². The Hall–Kier alpha value is -1.66. The molecule has 1 amide bonds. The summed E-state index contributed by atoms with van der Waals surface area (Å²) in [6.07, 6.45) is -0.623. The quantitative estimate of drug-likeness (QED) is 0.864. The molecule has 0 aliphatic carbocycles. The SMILES string of the molecule is COc1ccc(F)c(CN2CCO[C@H](C(N)=O)C2)c1. The summed E-state index contributed by atoms with van der Waals surface area (Å²) in [5.74, 6) is -0.171. The second kappa shape index (κ2) is 5.99. The van der Waals surface area contributed by atoms with Crippen LogP contribution < -0.4 is 10.5 Å². The molecule has 1 heterocycles. The Balaban J connectivity index is 2.06. The molecule has 1 fully saturated rings. The molecule has 0 spiro atoms. The van der Waals surface area contributed by atoms with E-state index >= 15 is 0 Å².